The maximum atomic E-state index is 5.97. The van der Waals surface area contributed by atoms with Crippen molar-refractivity contribution in [2.75, 3.05) is 6.61 Å². The van der Waals surface area contributed by atoms with E-state index >= 15 is 0 Å². The quantitative estimate of drug-likeness (QED) is 0.905. The van der Waals surface area contributed by atoms with Crippen LogP contribution in [-0.4, -0.2) is 28.5 Å². The molecule has 1 aromatic rings. The minimum absolute atomic E-state index is 0.387. The Labute approximate surface area is 114 Å². The van der Waals surface area contributed by atoms with Crippen LogP contribution in [0.5, 0.6) is 0 Å². The topological polar surface area (TPSA) is 39.1 Å². The predicted molar refractivity (Wildman–Crippen MR) is 72.7 cm³/mol. The van der Waals surface area contributed by atoms with Crippen molar-refractivity contribution in [1.82, 2.24) is 15.1 Å². The van der Waals surface area contributed by atoms with E-state index in [1.54, 1.807) is 0 Å². The zero-order valence-electron chi connectivity index (χ0n) is 11.8. The molecule has 2 aliphatic carbocycles. The minimum Gasteiger partial charge on any atom is -0.377 e. The van der Waals surface area contributed by atoms with Crippen molar-refractivity contribution < 1.29 is 4.74 Å². The lowest BCUT2D eigenvalue weighted by Gasteiger charge is -2.64. The molecule has 2 heterocycles. The number of aryl methyl sites for hydroxylation is 1. The van der Waals surface area contributed by atoms with Crippen LogP contribution in [0.25, 0.3) is 0 Å². The molecule has 4 rings (SSSR count). The van der Waals surface area contributed by atoms with E-state index in [1.807, 2.05) is 17.9 Å². The maximum absolute atomic E-state index is 5.97. The van der Waals surface area contributed by atoms with E-state index in [1.165, 1.54) is 31.2 Å². The Morgan fingerprint density at radius 2 is 2.37 bits per heavy atom. The Bertz CT molecular complexity index is 479. The molecule has 1 aromatic heterocycles. The number of nitrogens with zero attached hydrogens (tertiary/aromatic N) is 2. The van der Waals surface area contributed by atoms with Crippen LogP contribution in [0, 0.1) is 11.3 Å². The van der Waals surface area contributed by atoms with Gasteiger partial charge in [0.25, 0.3) is 0 Å². The van der Waals surface area contributed by atoms with E-state index in [2.05, 4.69) is 23.5 Å². The fourth-order valence-corrected chi connectivity index (χ4v) is 4.52. The van der Waals surface area contributed by atoms with Gasteiger partial charge in [-0.1, -0.05) is 6.42 Å². The van der Waals surface area contributed by atoms with Gasteiger partial charge in [0.15, 0.2) is 0 Å². The second-order valence-electron chi connectivity index (χ2n) is 6.64. The van der Waals surface area contributed by atoms with E-state index in [0.29, 0.717) is 23.6 Å². The second kappa shape index (κ2) is 4.06. The van der Waals surface area contributed by atoms with Crippen LogP contribution in [0.4, 0.5) is 0 Å². The zero-order chi connectivity index (χ0) is 13.0. The first-order valence-corrected chi connectivity index (χ1v) is 7.57. The smallest absolute Gasteiger partial charge is 0.0690 e. The second-order valence-corrected chi connectivity index (χ2v) is 6.64. The lowest BCUT2D eigenvalue weighted by molar-refractivity contribution is -0.178. The Morgan fingerprint density at radius 1 is 1.53 bits per heavy atom. The number of hydrogen-bond acceptors (Lipinski definition) is 3. The van der Waals surface area contributed by atoms with Gasteiger partial charge in [-0.2, -0.15) is 5.10 Å². The highest BCUT2D eigenvalue weighted by molar-refractivity contribution is 5.20. The molecule has 1 saturated heterocycles. The van der Waals surface area contributed by atoms with Crippen LogP contribution in [0.1, 0.15) is 44.2 Å². The van der Waals surface area contributed by atoms with Crippen LogP contribution in [0.15, 0.2) is 12.4 Å². The van der Waals surface area contributed by atoms with E-state index in [-0.39, 0.29) is 0 Å². The number of ether oxygens (including phenoxy) is 1. The van der Waals surface area contributed by atoms with Crippen LogP contribution in [-0.2, 0) is 11.8 Å². The van der Waals surface area contributed by atoms with E-state index in [0.717, 1.165) is 12.5 Å². The molecule has 4 nitrogen and oxygen atoms in total. The molecule has 4 heteroatoms. The van der Waals surface area contributed by atoms with Crippen LogP contribution in [0.3, 0.4) is 0 Å². The average molecular weight is 261 g/mol. The Kier molecular flexibility index (Phi) is 2.55. The number of rotatable bonds is 3. The van der Waals surface area contributed by atoms with Crippen molar-refractivity contribution in [2.24, 2.45) is 18.4 Å². The number of fused-ring (bicyclic) bond motifs is 2. The molecule has 0 amide bonds. The molecule has 0 radical (unpaired) electrons. The van der Waals surface area contributed by atoms with Gasteiger partial charge >= 0.3 is 0 Å². The first kappa shape index (κ1) is 11.9. The van der Waals surface area contributed by atoms with Crippen molar-refractivity contribution in [3.8, 4) is 0 Å². The van der Waals surface area contributed by atoms with Crippen molar-refractivity contribution in [2.45, 2.75) is 50.8 Å². The van der Waals surface area contributed by atoms with Gasteiger partial charge in [-0.25, -0.2) is 0 Å². The Morgan fingerprint density at radius 3 is 3.00 bits per heavy atom. The fourth-order valence-electron chi connectivity index (χ4n) is 4.52. The third kappa shape index (κ3) is 1.56. The maximum Gasteiger partial charge on any atom is 0.0690 e. The van der Waals surface area contributed by atoms with Gasteiger partial charge in [-0.05, 0) is 26.2 Å². The third-order valence-corrected chi connectivity index (χ3v) is 5.69. The minimum atomic E-state index is 0.387. The molecular formula is C15H23N3O. The fraction of sp³-hybridized carbons (Fsp3) is 0.800. The normalized spacial score (nSPS) is 36.6. The Balaban J connectivity index is 1.50. The predicted octanol–water partition coefficient (Wildman–Crippen LogP) is 2.03. The van der Waals surface area contributed by atoms with E-state index < -0.39 is 0 Å². The number of nitrogens with one attached hydrogen (secondary N) is 1. The molecule has 2 saturated carbocycles. The highest BCUT2D eigenvalue weighted by atomic mass is 16.5. The lowest BCUT2D eigenvalue weighted by atomic mass is 9.46. The average Bonchev–Trinajstić information content (AvgIpc) is 2.91. The SMILES string of the molecule is CC(NC1C2CCOC2C12CCC2)c1cnn(C)c1. The summed E-state index contributed by atoms with van der Waals surface area (Å²) in [6.07, 6.45) is 9.98. The molecule has 19 heavy (non-hydrogen) atoms. The summed E-state index contributed by atoms with van der Waals surface area (Å²) in [5.74, 6) is 0.749. The van der Waals surface area contributed by atoms with Crippen molar-refractivity contribution in [3.63, 3.8) is 0 Å². The highest BCUT2D eigenvalue weighted by Crippen LogP contribution is 2.63. The van der Waals surface area contributed by atoms with Gasteiger partial charge in [-0.3, -0.25) is 4.68 Å². The Hall–Kier alpha value is -0.870. The standard InChI is InChI=1S/C15H23N3O/c1-10(11-8-16-18(2)9-11)17-13-12-4-7-19-14(12)15(13)5-3-6-15/h8-10,12-14,17H,3-7H2,1-2H3. The van der Waals surface area contributed by atoms with Gasteiger partial charge in [0.05, 0.1) is 12.3 Å². The largest absolute Gasteiger partial charge is 0.377 e. The first-order valence-electron chi connectivity index (χ1n) is 7.57. The van der Waals surface area contributed by atoms with Crippen LogP contribution in [0.2, 0.25) is 0 Å². The van der Waals surface area contributed by atoms with E-state index in [9.17, 15) is 0 Å². The van der Waals surface area contributed by atoms with Gasteiger partial charge in [0.2, 0.25) is 0 Å². The molecule has 4 atom stereocenters. The van der Waals surface area contributed by atoms with Crippen molar-refractivity contribution in [1.29, 1.82) is 0 Å². The van der Waals surface area contributed by atoms with Crippen LogP contribution >= 0.6 is 0 Å². The number of hydrogen-bond donors (Lipinski definition) is 1. The summed E-state index contributed by atoms with van der Waals surface area (Å²) >= 11 is 0. The summed E-state index contributed by atoms with van der Waals surface area (Å²) in [7, 11) is 1.98. The monoisotopic (exact) mass is 261 g/mol. The molecule has 3 fully saturated rings. The summed E-state index contributed by atoms with van der Waals surface area (Å²) in [6, 6.07) is 1.04. The molecular weight excluding hydrogens is 238 g/mol. The zero-order valence-corrected chi connectivity index (χ0v) is 11.8. The summed E-state index contributed by atoms with van der Waals surface area (Å²) in [5, 5.41) is 8.15. The molecule has 1 aliphatic heterocycles. The lowest BCUT2D eigenvalue weighted by Crippen LogP contribution is -2.71. The summed E-state index contributed by atoms with van der Waals surface area (Å²) in [6.45, 7) is 3.23. The molecule has 4 unspecified atom stereocenters. The molecule has 3 aliphatic rings. The van der Waals surface area contributed by atoms with E-state index in [4.69, 9.17) is 4.74 Å². The van der Waals surface area contributed by atoms with Crippen molar-refractivity contribution >= 4 is 0 Å². The van der Waals surface area contributed by atoms with Crippen LogP contribution < -0.4 is 5.32 Å². The first-order chi connectivity index (χ1) is 9.21. The summed E-state index contributed by atoms with van der Waals surface area (Å²) in [5.41, 5.74) is 1.76. The van der Waals surface area contributed by atoms with Gasteiger partial charge in [0, 0.05) is 48.8 Å². The molecule has 1 spiro atoms. The van der Waals surface area contributed by atoms with Gasteiger partial charge < -0.3 is 10.1 Å². The highest BCUT2D eigenvalue weighted by Gasteiger charge is 2.66. The molecule has 104 valence electrons. The number of aromatic nitrogens is 2. The van der Waals surface area contributed by atoms with Gasteiger partial charge in [0.1, 0.15) is 0 Å². The summed E-state index contributed by atoms with van der Waals surface area (Å²) < 4.78 is 7.86. The summed E-state index contributed by atoms with van der Waals surface area (Å²) in [4.78, 5) is 0. The van der Waals surface area contributed by atoms with Gasteiger partial charge in [-0.15, -0.1) is 0 Å². The van der Waals surface area contributed by atoms with Crippen molar-refractivity contribution in [3.05, 3.63) is 18.0 Å². The molecule has 0 aromatic carbocycles. The molecule has 0 bridgehead atoms. The third-order valence-electron chi connectivity index (χ3n) is 5.69. The molecule has 1 N–H and O–H groups in total.